The van der Waals surface area contributed by atoms with Gasteiger partial charge in [-0.3, -0.25) is 0 Å². The molecule has 8 aromatic carbocycles. The number of benzene rings is 8. The molecule has 0 aliphatic carbocycles. The Morgan fingerprint density at radius 3 is 1.85 bits per heavy atom. The van der Waals surface area contributed by atoms with Crippen molar-refractivity contribution in [3.05, 3.63) is 164 Å². The van der Waals surface area contributed by atoms with Gasteiger partial charge in [-0.1, -0.05) is 121 Å². The predicted octanol–water partition coefficient (Wildman–Crippen LogP) is 12.9. The van der Waals surface area contributed by atoms with Crippen molar-refractivity contribution in [2.24, 2.45) is 0 Å². The molecule has 0 bridgehead atoms. The lowest BCUT2D eigenvalue weighted by Gasteiger charge is -2.27. The van der Waals surface area contributed by atoms with Gasteiger partial charge in [0.25, 0.3) is 0 Å². The SMILES string of the molecule is c1ccc(-c2ccc(N(c3cc4oc5cc6ccccc6cc5c4c4ccccc34)c3cccc4c3oc3ccccc34)cc2)cc1. The van der Waals surface area contributed by atoms with Crippen LogP contribution in [0.5, 0.6) is 0 Å². The summed E-state index contributed by atoms with van der Waals surface area (Å²) < 4.78 is 13.3. The van der Waals surface area contributed by atoms with E-state index in [1.54, 1.807) is 0 Å². The van der Waals surface area contributed by atoms with Gasteiger partial charge in [-0.05, 0) is 63.7 Å². The minimum Gasteiger partial charge on any atom is -0.456 e. The summed E-state index contributed by atoms with van der Waals surface area (Å²) in [5.41, 5.74) is 8.84. The molecule has 0 saturated heterocycles. The zero-order valence-corrected chi connectivity index (χ0v) is 25.4. The van der Waals surface area contributed by atoms with Crippen LogP contribution in [0.2, 0.25) is 0 Å². The molecule has 47 heavy (non-hydrogen) atoms. The Hall–Kier alpha value is -6.32. The first kappa shape index (κ1) is 26.0. The van der Waals surface area contributed by atoms with Crippen LogP contribution in [0.1, 0.15) is 0 Å². The molecular formula is C44H27NO2. The van der Waals surface area contributed by atoms with Crippen LogP contribution < -0.4 is 4.90 Å². The summed E-state index contributed by atoms with van der Waals surface area (Å²) in [4.78, 5) is 2.32. The average Bonchev–Trinajstić information content (AvgIpc) is 3.70. The largest absolute Gasteiger partial charge is 0.456 e. The first-order valence-electron chi connectivity index (χ1n) is 15.9. The number of para-hydroxylation sites is 2. The summed E-state index contributed by atoms with van der Waals surface area (Å²) >= 11 is 0. The minimum absolute atomic E-state index is 0.848. The number of hydrogen-bond donors (Lipinski definition) is 0. The third-order valence-electron chi connectivity index (χ3n) is 9.42. The number of nitrogens with zero attached hydrogens (tertiary/aromatic N) is 1. The summed E-state index contributed by atoms with van der Waals surface area (Å²) in [6.07, 6.45) is 0. The van der Waals surface area contributed by atoms with Gasteiger partial charge in [0.1, 0.15) is 16.7 Å². The lowest BCUT2D eigenvalue weighted by Crippen LogP contribution is -2.11. The highest BCUT2D eigenvalue weighted by atomic mass is 16.3. The van der Waals surface area contributed by atoms with Gasteiger partial charge in [0.2, 0.25) is 0 Å². The summed E-state index contributed by atoms with van der Waals surface area (Å²) in [6.45, 7) is 0. The molecule has 0 saturated carbocycles. The maximum absolute atomic E-state index is 6.69. The van der Waals surface area contributed by atoms with Crippen molar-refractivity contribution < 1.29 is 8.83 Å². The lowest BCUT2D eigenvalue weighted by molar-refractivity contribution is 0.668. The molecule has 220 valence electrons. The van der Waals surface area contributed by atoms with E-state index in [9.17, 15) is 0 Å². The van der Waals surface area contributed by atoms with Gasteiger partial charge >= 0.3 is 0 Å². The van der Waals surface area contributed by atoms with Gasteiger partial charge in [-0.25, -0.2) is 0 Å². The van der Waals surface area contributed by atoms with E-state index in [0.717, 1.165) is 71.7 Å². The molecule has 0 atom stereocenters. The second-order valence-corrected chi connectivity index (χ2v) is 12.1. The van der Waals surface area contributed by atoms with Crippen molar-refractivity contribution >= 4 is 82.5 Å². The highest BCUT2D eigenvalue weighted by Crippen LogP contribution is 2.47. The van der Waals surface area contributed by atoms with E-state index in [4.69, 9.17) is 8.83 Å². The molecular weight excluding hydrogens is 574 g/mol. The van der Waals surface area contributed by atoms with Crippen molar-refractivity contribution in [1.82, 2.24) is 0 Å². The third kappa shape index (κ3) is 4.00. The van der Waals surface area contributed by atoms with Crippen LogP contribution >= 0.6 is 0 Å². The van der Waals surface area contributed by atoms with Crippen LogP contribution in [0.3, 0.4) is 0 Å². The quantitative estimate of drug-likeness (QED) is 0.201. The molecule has 0 fully saturated rings. The Bertz CT molecular complexity index is 2790. The first-order chi connectivity index (χ1) is 23.3. The Labute approximate surface area is 270 Å². The molecule has 10 aromatic rings. The Balaban J connectivity index is 1.28. The maximum atomic E-state index is 6.69. The third-order valence-corrected chi connectivity index (χ3v) is 9.42. The van der Waals surface area contributed by atoms with Gasteiger partial charge in [0, 0.05) is 38.7 Å². The Morgan fingerprint density at radius 2 is 1.02 bits per heavy atom. The predicted molar refractivity (Wildman–Crippen MR) is 196 cm³/mol. The number of anilines is 3. The molecule has 0 unspecified atom stereocenters. The van der Waals surface area contributed by atoms with Crippen LogP contribution in [0.15, 0.2) is 173 Å². The molecule has 3 heteroatoms. The second kappa shape index (κ2) is 10.1. The summed E-state index contributed by atoms with van der Waals surface area (Å²) in [6, 6.07) is 57.7. The lowest BCUT2D eigenvalue weighted by atomic mass is 9.99. The standard InChI is InChI=1S/C44H27NO2/c1-2-11-28(12-3-1)29-21-23-32(24-22-29)45(38-19-10-18-36-34-16-8-9-20-40(34)47-44(36)38)39-27-42-43(35-17-7-6-15-33(35)39)37-25-30-13-4-5-14-31(30)26-41(37)46-42/h1-27H. The number of rotatable bonds is 4. The minimum atomic E-state index is 0.848. The van der Waals surface area contributed by atoms with Gasteiger partial charge < -0.3 is 13.7 Å². The van der Waals surface area contributed by atoms with Crippen LogP contribution in [-0.2, 0) is 0 Å². The molecule has 10 rings (SSSR count). The zero-order chi connectivity index (χ0) is 30.9. The van der Waals surface area contributed by atoms with Crippen molar-refractivity contribution in [2.45, 2.75) is 0 Å². The molecule has 0 amide bonds. The average molecular weight is 602 g/mol. The van der Waals surface area contributed by atoms with E-state index in [2.05, 4.69) is 157 Å². The normalized spacial score (nSPS) is 11.8. The van der Waals surface area contributed by atoms with Crippen LogP contribution in [0.25, 0.3) is 76.5 Å². The van der Waals surface area contributed by atoms with Crippen LogP contribution in [-0.4, -0.2) is 0 Å². The highest BCUT2D eigenvalue weighted by molar-refractivity contribution is 6.24. The van der Waals surface area contributed by atoms with Gasteiger partial charge in [-0.15, -0.1) is 0 Å². The summed E-state index contributed by atoms with van der Waals surface area (Å²) in [7, 11) is 0. The molecule has 0 radical (unpaired) electrons. The van der Waals surface area contributed by atoms with Crippen molar-refractivity contribution in [3.63, 3.8) is 0 Å². The van der Waals surface area contributed by atoms with E-state index in [1.807, 2.05) is 12.1 Å². The molecule has 0 spiro atoms. The Kier molecular flexibility index (Phi) is 5.57. The second-order valence-electron chi connectivity index (χ2n) is 12.1. The van der Waals surface area contributed by atoms with Gasteiger partial charge in [-0.2, -0.15) is 0 Å². The fourth-order valence-corrected chi connectivity index (χ4v) is 7.24. The molecule has 0 aliphatic heterocycles. The fourth-order valence-electron chi connectivity index (χ4n) is 7.24. The fraction of sp³-hybridized carbons (Fsp3) is 0. The molecule has 2 heterocycles. The molecule has 0 N–H and O–H groups in total. The van der Waals surface area contributed by atoms with E-state index in [0.29, 0.717) is 0 Å². The molecule has 2 aromatic heterocycles. The summed E-state index contributed by atoms with van der Waals surface area (Å²) in [5.74, 6) is 0. The maximum Gasteiger partial charge on any atom is 0.159 e. The van der Waals surface area contributed by atoms with Crippen LogP contribution in [0, 0.1) is 0 Å². The number of fused-ring (bicyclic) bond motifs is 9. The van der Waals surface area contributed by atoms with E-state index >= 15 is 0 Å². The van der Waals surface area contributed by atoms with Crippen molar-refractivity contribution in [3.8, 4) is 11.1 Å². The zero-order valence-electron chi connectivity index (χ0n) is 25.4. The van der Waals surface area contributed by atoms with Crippen molar-refractivity contribution in [1.29, 1.82) is 0 Å². The smallest absolute Gasteiger partial charge is 0.159 e. The van der Waals surface area contributed by atoms with E-state index in [1.165, 1.54) is 21.9 Å². The number of furan rings is 2. The topological polar surface area (TPSA) is 29.5 Å². The van der Waals surface area contributed by atoms with Gasteiger partial charge in [0.05, 0.1) is 11.4 Å². The molecule has 0 aliphatic rings. The number of hydrogen-bond acceptors (Lipinski definition) is 3. The van der Waals surface area contributed by atoms with Crippen LogP contribution in [0.4, 0.5) is 17.1 Å². The molecule has 3 nitrogen and oxygen atoms in total. The van der Waals surface area contributed by atoms with E-state index in [-0.39, 0.29) is 0 Å². The Morgan fingerprint density at radius 1 is 0.362 bits per heavy atom. The van der Waals surface area contributed by atoms with Gasteiger partial charge in [0.15, 0.2) is 5.58 Å². The van der Waals surface area contributed by atoms with Crippen molar-refractivity contribution in [2.75, 3.05) is 4.90 Å². The highest BCUT2D eigenvalue weighted by Gasteiger charge is 2.23. The monoisotopic (exact) mass is 601 g/mol. The summed E-state index contributed by atoms with van der Waals surface area (Å²) in [5, 5.41) is 9.10. The first-order valence-corrected chi connectivity index (χ1v) is 15.9. The van der Waals surface area contributed by atoms with E-state index < -0.39 is 0 Å².